The first-order chi connectivity index (χ1) is 13.4. The first-order valence-electron chi connectivity index (χ1n) is 8.65. The maximum absolute atomic E-state index is 13.2. The van der Waals surface area contributed by atoms with E-state index >= 15 is 0 Å². The zero-order chi connectivity index (χ0) is 20.5. The quantitative estimate of drug-likeness (QED) is 0.513. The SMILES string of the molecule is CCSc1ccccc1C(=O)OCC(=O)N(CCC(N)=O)c1ccc(F)cc1. The second-order valence-electron chi connectivity index (χ2n) is 5.74. The van der Waals surface area contributed by atoms with Crippen molar-refractivity contribution in [2.24, 2.45) is 5.73 Å². The number of nitrogens with two attached hydrogens (primary N) is 1. The fourth-order valence-electron chi connectivity index (χ4n) is 2.44. The van der Waals surface area contributed by atoms with Gasteiger partial charge in [-0.25, -0.2) is 9.18 Å². The molecule has 0 saturated carbocycles. The predicted molar refractivity (Wildman–Crippen MR) is 106 cm³/mol. The summed E-state index contributed by atoms with van der Waals surface area (Å²) in [7, 11) is 0. The molecule has 0 aromatic heterocycles. The van der Waals surface area contributed by atoms with Crippen molar-refractivity contribution in [3.05, 3.63) is 59.9 Å². The minimum atomic E-state index is -0.612. The van der Waals surface area contributed by atoms with E-state index in [1.165, 1.54) is 40.9 Å². The number of ether oxygens (including phenoxy) is 1. The number of hydrogen-bond donors (Lipinski definition) is 1. The van der Waals surface area contributed by atoms with Crippen LogP contribution < -0.4 is 10.6 Å². The molecule has 6 nitrogen and oxygen atoms in total. The van der Waals surface area contributed by atoms with Crippen molar-refractivity contribution in [3.8, 4) is 0 Å². The number of benzene rings is 2. The first-order valence-corrected chi connectivity index (χ1v) is 9.64. The summed E-state index contributed by atoms with van der Waals surface area (Å²) in [5.41, 5.74) is 5.92. The molecule has 0 atom stereocenters. The largest absolute Gasteiger partial charge is 0.452 e. The van der Waals surface area contributed by atoms with E-state index in [-0.39, 0.29) is 13.0 Å². The Bertz CT molecular complexity index is 842. The molecule has 0 fully saturated rings. The van der Waals surface area contributed by atoms with Crippen LogP contribution in [0, 0.1) is 5.82 Å². The fourth-order valence-corrected chi connectivity index (χ4v) is 3.23. The van der Waals surface area contributed by atoms with E-state index in [0.717, 1.165) is 10.6 Å². The number of carbonyl (C=O) groups excluding carboxylic acids is 3. The Kier molecular flexibility index (Phi) is 8.01. The first kappa shape index (κ1) is 21.4. The molecule has 28 heavy (non-hydrogen) atoms. The van der Waals surface area contributed by atoms with Crippen LogP contribution in [0.2, 0.25) is 0 Å². The molecule has 2 aromatic carbocycles. The lowest BCUT2D eigenvalue weighted by Gasteiger charge is -2.22. The van der Waals surface area contributed by atoms with Gasteiger partial charge in [-0.2, -0.15) is 0 Å². The van der Waals surface area contributed by atoms with E-state index in [0.29, 0.717) is 11.3 Å². The molecule has 0 bridgehead atoms. The molecule has 148 valence electrons. The highest BCUT2D eigenvalue weighted by Gasteiger charge is 2.20. The molecule has 0 aliphatic rings. The van der Waals surface area contributed by atoms with E-state index < -0.39 is 30.2 Å². The third kappa shape index (κ3) is 6.09. The van der Waals surface area contributed by atoms with Gasteiger partial charge in [-0.1, -0.05) is 19.1 Å². The normalized spacial score (nSPS) is 10.4. The topological polar surface area (TPSA) is 89.7 Å². The van der Waals surface area contributed by atoms with Gasteiger partial charge in [-0.15, -0.1) is 11.8 Å². The monoisotopic (exact) mass is 404 g/mol. The number of hydrogen-bond acceptors (Lipinski definition) is 5. The van der Waals surface area contributed by atoms with Crippen molar-refractivity contribution < 1.29 is 23.5 Å². The fraction of sp³-hybridized carbons (Fsp3) is 0.250. The van der Waals surface area contributed by atoms with Crippen LogP contribution in [0.5, 0.6) is 0 Å². The lowest BCUT2D eigenvalue weighted by molar-refractivity contribution is -0.121. The maximum Gasteiger partial charge on any atom is 0.339 e. The minimum absolute atomic E-state index is 0.000374. The Morgan fingerprint density at radius 1 is 1.11 bits per heavy atom. The lowest BCUT2D eigenvalue weighted by atomic mass is 10.2. The number of amides is 2. The second kappa shape index (κ2) is 10.5. The molecule has 8 heteroatoms. The number of carbonyl (C=O) groups is 3. The molecule has 2 aromatic rings. The number of anilines is 1. The lowest BCUT2D eigenvalue weighted by Crippen LogP contribution is -2.37. The molecule has 0 aliphatic heterocycles. The van der Waals surface area contributed by atoms with Gasteiger partial charge in [0, 0.05) is 23.5 Å². The molecule has 2 amide bonds. The highest BCUT2D eigenvalue weighted by atomic mass is 32.2. The number of halogens is 1. The van der Waals surface area contributed by atoms with E-state index in [2.05, 4.69) is 0 Å². The summed E-state index contributed by atoms with van der Waals surface area (Å²) in [6, 6.07) is 12.2. The molecule has 0 spiro atoms. The Morgan fingerprint density at radius 3 is 2.43 bits per heavy atom. The molecule has 0 aliphatic carbocycles. The number of nitrogens with zero attached hydrogens (tertiary/aromatic N) is 1. The molecular weight excluding hydrogens is 383 g/mol. The Hall–Kier alpha value is -2.87. The molecule has 2 rings (SSSR count). The zero-order valence-corrected chi connectivity index (χ0v) is 16.2. The summed E-state index contributed by atoms with van der Waals surface area (Å²) in [6.07, 6.45) is -0.0764. The van der Waals surface area contributed by atoms with Gasteiger partial charge in [0.25, 0.3) is 5.91 Å². The van der Waals surface area contributed by atoms with Crippen LogP contribution in [-0.4, -0.2) is 36.7 Å². The van der Waals surface area contributed by atoms with E-state index in [4.69, 9.17) is 10.5 Å². The van der Waals surface area contributed by atoms with Gasteiger partial charge in [0.05, 0.1) is 5.56 Å². The number of primary amides is 1. The van der Waals surface area contributed by atoms with Crippen LogP contribution in [0.4, 0.5) is 10.1 Å². The van der Waals surface area contributed by atoms with Gasteiger partial charge >= 0.3 is 5.97 Å². The van der Waals surface area contributed by atoms with Crippen molar-refractivity contribution in [2.75, 3.05) is 23.8 Å². The van der Waals surface area contributed by atoms with Crippen molar-refractivity contribution >= 4 is 35.2 Å². The predicted octanol–water partition coefficient (Wildman–Crippen LogP) is 3.00. The van der Waals surface area contributed by atoms with Crippen molar-refractivity contribution in [3.63, 3.8) is 0 Å². The van der Waals surface area contributed by atoms with Gasteiger partial charge in [-0.3, -0.25) is 9.59 Å². The molecule has 2 N–H and O–H groups in total. The number of rotatable bonds is 9. The minimum Gasteiger partial charge on any atom is -0.452 e. The highest BCUT2D eigenvalue weighted by molar-refractivity contribution is 7.99. The average molecular weight is 404 g/mol. The third-order valence-corrected chi connectivity index (χ3v) is 4.71. The highest BCUT2D eigenvalue weighted by Crippen LogP contribution is 2.23. The number of thioether (sulfide) groups is 1. The van der Waals surface area contributed by atoms with Crippen LogP contribution in [0.25, 0.3) is 0 Å². The van der Waals surface area contributed by atoms with E-state index in [1.54, 1.807) is 12.1 Å². The van der Waals surface area contributed by atoms with Crippen molar-refractivity contribution in [1.82, 2.24) is 0 Å². The number of esters is 1. The molecule has 0 heterocycles. The van der Waals surface area contributed by atoms with Crippen LogP contribution in [-0.2, 0) is 14.3 Å². The van der Waals surface area contributed by atoms with Crippen molar-refractivity contribution in [1.29, 1.82) is 0 Å². The van der Waals surface area contributed by atoms with E-state index in [9.17, 15) is 18.8 Å². The van der Waals surface area contributed by atoms with Crippen LogP contribution in [0.15, 0.2) is 53.4 Å². The molecule has 0 radical (unpaired) electrons. The van der Waals surface area contributed by atoms with Crippen LogP contribution >= 0.6 is 11.8 Å². The summed E-state index contributed by atoms with van der Waals surface area (Å²) in [5.74, 6) is -1.40. The zero-order valence-electron chi connectivity index (χ0n) is 15.4. The molecular formula is C20H21FN2O4S. The smallest absolute Gasteiger partial charge is 0.339 e. The average Bonchev–Trinajstić information content (AvgIpc) is 2.68. The standard InChI is InChI=1S/C20H21FN2O4S/c1-2-28-17-6-4-3-5-16(17)20(26)27-13-19(25)23(12-11-18(22)24)15-9-7-14(21)8-10-15/h3-10H,2,11-13H2,1H3,(H2,22,24). The van der Waals surface area contributed by atoms with E-state index in [1.807, 2.05) is 19.1 Å². The van der Waals surface area contributed by atoms with Crippen molar-refractivity contribution in [2.45, 2.75) is 18.2 Å². The second-order valence-corrected chi connectivity index (χ2v) is 7.05. The third-order valence-electron chi connectivity index (χ3n) is 3.75. The summed E-state index contributed by atoms with van der Waals surface area (Å²) < 4.78 is 18.3. The molecule has 0 unspecified atom stereocenters. The Morgan fingerprint density at radius 2 is 1.79 bits per heavy atom. The van der Waals surface area contributed by atoms with Gasteiger partial charge < -0.3 is 15.4 Å². The van der Waals surface area contributed by atoms with Crippen LogP contribution in [0.3, 0.4) is 0 Å². The van der Waals surface area contributed by atoms with Gasteiger partial charge in [0.1, 0.15) is 5.82 Å². The van der Waals surface area contributed by atoms with Crippen LogP contribution in [0.1, 0.15) is 23.7 Å². The summed E-state index contributed by atoms with van der Waals surface area (Å²) >= 11 is 1.50. The maximum atomic E-state index is 13.2. The Labute approximate surface area is 166 Å². The summed E-state index contributed by atoms with van der Waals surface area (Å²) in [5, 5.41) is 0. The van der Waals surface area contributed by atoms with Gasteiger partial charge in [0.2, 0.25) is 5.91 Å². The summed E-state index contributed by atoms with van der Waals surface area (Å²) in [6.45, 7) is 1.45. The Balaban J connectivity index is 2.09. The van der Waals surface area contributed by atoms with Gasteiger partial charge in [-0.05, 0) is 42.2 Å². The molecule has 0 saturated heterocycles. The van der Waals surface area contributed by atoms with Gasteiger partial charge in [0.15, 0.2) is 6.61 Å². The summed E-state index contributed by atoms with van der Waals surface area (Å²) in [4.78, 5) is 38.1.